The fourth-order valence-corrected chi connectivity index (χ4v) is 6.51. The topological polar surface area (TPSA) is 97.6 Å². The van der Waals surface area contributed by atoms with E-state index in [1.165, 1.54) is 33.2 Å². The van der Waals surface area contributed by atoms with Crippen molar-refractivity contribution in [1.29, 1.82) is 0 Å². The zero-order chi connectivity index (χ0) is 21.3. The van der Waals surface area contributed by atoms with Gasteiger partial charge >= 0.3 is 0 Å². The average Bonchev–Trinajstić information content (AvgIpc) is 3.32. The molecule has 0 atom stereocenters. The second-order valence-electron chi connectivity index (χ2n) is 6.56. The number of hydrogen-bond acceptors (Lipinski definition) is 9. The molecular weight excluding hydrogens is 442 g/mol. The van der Waals surface area contributed by atoms with Crippen LogP contribution in [-0.2, 0) is 14.9 Å². The molecule has 0 spiro atoms. The molecule has 3 aromatic heterocycles. The van der Waals surface area contributed by atoms with Crippen LogP contribution in [0.15, 0.2) is 42.3 Å². The van der Waals surface area contributed by atoms with Gasteiger partial charge in [-0.25, -0.2) is 18.4 Å². The Hall–Kier alpha value is -2.63. The van der Waals surface area contributed by atoms with E-state index in [1.54, 1.807) is 18.5 Å². The maximum atomic E-state index is 12.3. The highest BCUT2D eigenvalue weighted by molar-refractivity contribution is 7.92. The molecule has 0 aromatic carbocycles. The quantitative estimate of drug-likeness (QED) is 0.315. The largest absolute Gasteiger partial charge is 0.391 e. The summed E-state index contributed by atoms with van der Waals surface area (Å²) in [5, 5.41) is 6.26. The molecule has 8 nitrogen and oxygen atoms in total. The molecule has 0 radical (unpaired) electrons. The van der Waals surface area contributed by atoms with E-state index >= 15 is 0 Å². The summed E-state index contributed by atoms with van der Waals surface area (Å²) in [6.45, 7) is 6.10. The second-order valence-corrected chi connectivity index (χ2v) is 10.4. The molecule has 1 aliphatic rings. The first-order valence-corrected chi connectivity index (χ1v) is 12.5. The van der Waals surface area contributed by atoms with Crippen LogP contribution in [0, 0.1) is 6.92 Å². The van der Waals surface area contributed by atoms with Gasteiger partial charge in [0.2, 0.25) is 10.0 Å². The van der Waals surface area contributed by atoms with E-state index in [9.17, 15) is 8.42 Å². The molecule has 0 unspecified atom stereocenters. The van der Waals surface area contributed by atoms with E-state index in [2.05, 4.69) is 21.7 Å². The van der Waals surface area contributed by atoms with Crippen molar-refractivity contribution >= 4 is 43.4 Å². The molecular formula is C19H19N5O3S3. The average molecular weight is 462 g/mol. The van der Waals surface area contributed by atoms with Gasteiger partial charge in [0.1, 0.15) is 33.0 Å². The molecule has 0 fully saturated rings. The van der Waals surface area contributed by atoms with Gasteiger partial charge in [0.25, 0.3) is 0 Å². The van der Waals surface area contributed by atoms with Crippen LogP contribution < -0.4 is 4.31 Å². The summed E-state index contributed by atoms with van der Waals surface area (Å²) in [5.74, 6) is 0. The number of rotatable bonds is 6. The number of aryl methyl sites for hydroxylation is 1. The number of fused-ring (bicyclic) bond motifs is 1. The molecule has 0 N–H and O–H groups in total. The fraction of sp³-hybridized carbons (Fsp3) is 0.263. The number of oxime groups is 1. The van der Waals surface area contributed by atoms with Crippen LogP contribution in [-0.4, -0.2) is 48.5 Å². The Kier molecular flexibility index (Phi) is 5.67. The van der Waals surface area contributed by atoms with Crippen molar-refractivity contribution in [3.05, 3.63) is 48.6 Å². The van der Waals surface area contributed by atoms with E-state index in [0.717, 1.165) is 21.1 Å². The lowest BCUT2D eigenvalue weighted by Crippen LogP contribution is -2.36. The van der Waals surface area contributed by atoms with E-state index < -0.39 is 10.0 Å². The zero-order valence-electron chi connectivity index (χ0n) is 16.4. The summed E-state index contributed by atoms with van der Waals surface area (Å²) < 4.78 is 26.0. The highest BCUT2D eigenvalue weighted by atomic mass is 32.2. The molecule has 0 saturated heterocycles. The maximum absolute atomic E-state index is 12.3. The Labute approximate surface area is 182 Å². The predicted octanol–water partition coefficient (Wildman–Crippen LogP) is 3.71. The van der Waals surface area contributed by atoms with Crippen molar-refractivity contribution in [2.45, 2.75) is 13.3 Å². The fourth-order valence-electron chi connectivity index (χ4n) is 2.97. The zero-order valence-corrected chi connectivity index (χ0v) is 18.9. The van der Waals surface area contributed by atoms with Crippen LogP contribution in [0.25, 0.3) is 20.5 Å². The lowest BCUT2D eigenvalue weighted by atomic mass is 10.1. The van der Waals surface area contributed by atoms with Crippen molar-refractivity contribution in [2.75, 3.05) is 23.7 Å². The third kappa shape index (κ3) is 4.00. The van der Waals surface area contributed by atoms with E-state index in [0.29, 0.717) is 34.4 Å². The Morgan fingerprint density at radius 2 is 2.17 bits per heavy atom. The smallest absolute Gasteiger partial charge is 0.232 e. The number of anilines is 1. The van der Waals surface area contributed by atoms with Crippen LogP contribution in [0.4, 0.5) is 5.00 Å². The Bertz CT molecular complexity index is 1220. The molecule has 4 heterocycles. The van der Waals surface area contributed by atoms with E-state index in [-0.39, 0.29) is 6.61 Å². The van der Waals surface area contributed by atoms with Gasteiger partial charge in [-0.3, -0.25) is 9.29 Å². The number of nitrogens with zero attached hydrogens (tertiary/aromatic N) is 5. The minimum absolute atomic E-state index is 0.272. The SMILES string of the molecule is C=CCO/N=C1\CCN(S(C)(=O)=O)c2sc(-c3sc(-c4cccnc4)nc3C)nc21. The molecule has 0 amide bonds. The first-order chi connectivity index (χ1) is 14.4. The molecule has 0 aliphatic carbocycles. The Balaban J connectivity index is 1.79. The standard InChI is InChI=1S/C19H19N5O3S3/c1-4-10-27-23-14-7-9-24(30(3,25)26)19-15(14)22-18(29-19)16-12(2)21-17(28-16)13-6-5-8-20-11-13/h4-6,8,11H,1,7,9-10H2,2-3H3/b23-14+. The minimum atomic E-state index is -3.43. The van der Waals surface area contributed by atoms with Gasteiger partial charge in [-0.15, -0.1) is 11.3 Å². The number of thiazole rings is 2. The van der Waals surface area contributed by atoms with Gasteiger partial charge < -0.3 is 4.84 Å². The minimum Gasteiger partial charge on any atom is -0.391 e. The Morgan fingerprint density at radius 1 is 1.33 bits per heavy atom. The third-order valence-electron chi connectivity index (χ3n) is 4.33. The third-order valence-corrected chi connectivity index (χ3v) is 8.05. The van der Waals surface area contributed by atoms with Crippen molar-refractivity contribution in [3.8, 4) is 20.5 Å². The summed E-state index contributed by atoms with van der Waals surface area (Å²) in [6, 6.07) is 3.82. The van der Waals surface area contributed by atoms with Crippen LogP contribution in [0.2, 0.25) is 0 Å². The van der Waals surface area contributed by atoms with Gasteiger partial charge in [-0.05, 0) is 19.1 Å². The summed E-state index contributed by atoms with van der Waals surface area (Å²) in [7, 11) is -3.43. The number of pyridine rings is 1. The molecule has 156 valence electrons. The van der Waals surface area contributed by atoms with Crippen molar-refractivity contribution < 1.29 is 13.3 Å². The predicted molar refractivity (Wildman–Crippen MR) is 121 cm³/mol. The van der Waals surface area contributed by atoms with Gasteiger partial charge in [0.15, 0.2) is 0 Å². The molecule has 11 heteroatoms. The number of aromatic nitrogens is 3. The summed E-state index contributed by atoms with van der Waals surface area (Å²) in [5.41, 5.74) is 2.92. The molecule has 3 aromatic rings. The maximum Gasteiger partial charge on any atom is 0.232 e. The summed E-state index contributed by atoms with van der Waals surface area (Å²) in [6.07, 6.45) is 6.70. The number of sulfonamides is 1. The first kappa shape index (κ1) is 20.6. The van der Waals surface area contributed by atoms with Crippen LogP contribution in [0.1, 0.15) is 17.8 Å². The molecule has 4 rings (SSSR count). The summed E-state index contributed by atoms with van der Waals surface area (Å²) >= 11 is 2.83. The van der Waals surface area contributed by atoms with E-state index in [4.69, 9.17) is 9.82 Å². The molecule has 0 saturated carbocycles. The molecule has 30 heavy (non-hydrogen) atoms. The van der Waals surface area contributed by atoms with Crippen molar-refractivity contribution in [2.24, 2.45) is 5.16 Å². The lowest BCUT2D eigenvalue weighted by molar-refractivity contribution is 0.174. The van der Waals surface area contributed by atoms with Crippen molar-refractivity contribution in [1.82, 2.24) is 15.0 Å². The first-order valence-electron chi connectivity index (χ1n) is 9.05. The van der Waals surface area contributed by atoms with Gasteiger partial charge in [-0.1, -0.05) is 29.1 Å². The van der Waals surface area contributed by atoms with Gasteiger partial charge in [-0.2, -0.15) is 0 Å². The highest BCUT2D eigenvalue weighted by Crippen LogP contribution is 2.43. The normalized spacial score (nSPS) is 15.3. The van der Waals surface area contributed by atoms with Crippen LogP contribution in [0.5, 0.6) is 0 Å². The molecule has 1 aliphatic heterocycles. The van der Waals surface area contributed by atoms with Gasteiger partial charge in [0, 0.05) is 30.9 Å². The molecule has 0 bridgehead atoms. The van der Waals surface area contributed by atoms with E-state index in [1.807, 2.05) is 19.1 Å². The van der Waals surface area contributed by atoms with Gasteiger partial charge in [0.05, 0.1) is 16.8 Å². The lowest BCUT2D eigenvalue weighted by Gasteiger charge is -2.25. The van der Waals surface area contributed by atoms with Crippen molar-refractivity contribution in [3.63, 3.8) is 0 Å². The number of hydrogen-bond donors (Lipinski definition) is 0. The monoisotopic (exact) mass is 461 g/mol. The Morgan fingerprint density at radius 3 is 2.87 bits per heavy atom. The second kappa shape index (κ2) is 8.25. The van der Waals surface area contributed by atoms with Crippen LogP contribution in [0.3, 0.4) is 0 Å². The highest BCUT2D eigenvalue weighted by Gasteiger charge is 2.33. The summed E-state index contributed by atoms with van der Waals surface area (Å²) in [4.78, 5) is 19.7. The van der Waals surface area contributed by atoms with Crippen LogP contribution >= 0.6 is 22.7 Å².